The lowest BCUT2D eigenvalue weighted by atomic mass is 10.1. The number of nitrogens with zero attached hydrogens (tertiary/aromatic N) is 3. The Bertz CT molecular complexity index is 1210. The molecule has 1 aromatic heterocycles. The van der Waals surface area contributed by atoms with Crippen molar-refractivity contribution < 1.29 is 28.7 Å². The van der Waals surface area contributed by atoms with Crippen molar-refractivity contribution in [2.24, 2.45) is 0 Å². The molecular weight excluding hydrogens is 450 g/mol. The van der Waals surface area contributed by atoms with Crippen LogP contribution in [0.1, 0.15) is 18.9 Å². The van der Waals surface area contributed by atoms with Crippen LogP contribution in [0.15, 0.2) is 79.1 Å². The second-order valence-electron chi connectivity index (χ2n) is 7.86. The van der Waals surface area contributed by atoms with Crippen molar-refractivity contribution in [2.45, 2.75) is 25.9 Å². The van der Waals surface area contributed by atoms with E-state index in [2.05, 4.69) is 4.98 Å². The lowest BCUT2D eigenvalue weighted by molar-refractivity contribution is -0.140. The SMILES string of the molecule is CC(=O)Oc1ccc(N2C(=O)CC(N(Cc3cccnc3)C(=O)COc3ccccc3)C2=O)cc1. The van der Waals surface area contributed by atoms with Gasteiger partial charge in [0, 0.05) is 25.9 Å². The van der Waals surface area contributed by atoms with Gasteiger partial charge in [-0.2, -0.15) is 0 Å². The zero-order chi connectivity index (χ0) is 24.8. The number of aromatic nitrogens is 1. The van der Waals surface area contributed by atoms with Gasteiger partial charge >= 0.3 is 5.97 Å². The van der Waals surface area contributed by atoms with Crippen LogP contribution in [0.5, 0.6) is 11.5 Å². The second kappa shape index (κ2) is 10.6. The van der Waals surface area contributed by atoms with E-state index in [9.17, 15) is 19.2 Å². The topological polar surface area (TPSA) is 106 Å². The minimum Gasteiger partial charge on any atom is -0.484 e. The maximum atomic E-state index is 13.4. The number of imide groups is 1. The standard InChI is InChI=1S/C26H23N3O6/c1-18(30)35-22-11-9-20(10-12-22)29-24(31)14-23(26(29)33)28(16-19-6-5-13-27-15-19)25(32)17-34-21-7-3-2-4-8-21/h2-13,15,23H,14,16-17H2,1H3. The van der Waals surface area contributed by atoms with Gasteiger partial charge < -0.3 is 14.4 Å². The van der Waals surface area contributed by atoms with E-state index >= 15 is 0 Å². The van der Waals surface area contributed by atoms with Crippen molar-refractivity contribution in [2.75, 3.05) is 11.5 Å². The van der Waals surface area contributed by atoms with Gasteiger partial charge in [0.15, 0.2) is 6.61 Å². The van der Waals surface area contributed by atoms with E-state index in [1.807, 2.05) is 6.07 Å². The molecule has 2 aromatic carbocycles. The number of carbonyl (C=O) groups is 4. The molecule has 9 heteroatoms. The maximum Gasteiger partial charge on any atom is 0.308 e. The van der Waals surface area contributed by atoms with Gasteiger partial charge in [0.1, 0.15) is 17.5 Å². The summed E-state index contributed by atoms with van der Waals surface area (Å²) in [6.45, 7) is 1.08. The fourth-order valence-corrected chi connectivity index (χ4v) is 3.77. The number of benzene rings is 2. The highest BCUT2D eigenvalue weighted by Gasteiger charge is 2.44. The average Bonchev–Trinajstić information content (AvgIpc) is 3.16. The maximum absolute atomic E-state index is 13.4. The Morgan fingerprint density at radius 3 is 2.40 bits per heavy atom. The highest BCUT2D eigenvalue weighted by molar-refractivity contribution is 6.23. The van der Waals surface area contributed by atoms with Gasteiger partial charge in [-0.25, -0.2) is 4.90 Å². The molecule has 35 heavy (non-hydrogen) atoms. The monoisotopic (exact) mass is 473 g/mol. The Morgan fingerprint density at radius 1 is 1.00 bits per heavy atom. The number of pyridine rings is 1. The second-order valence-corrected chi connectivity index (χ2v) is 7.86. The third-order valence-electron chi connectivity index (χ3n) is 5.36. The number of ether oxygens (including phenoxy) is 2. The number of anilines is 1. The molecule has 1 fully saturated rings. The number of hydrogen-bond donors (Lipinski definition) is 0. The molecule has 2 heterocycles. The Morgan fingerprint density at radius 2 is 1.74 bits per heavy atom. The summed E-state index contributed by atoms with van der Waals surface area (Å²) in [4.78, 5) is 57.0. The van der Waals surface area contributed by atoms with Crippen LogP contribution in [0.3, 0.4) is 0 Å². The summed E-state index contributed by atoms with van der Waals surface area (Å²) >= 11 is 0. The van der Waals surface area contributed by atoms with Crippen LogP contribution in [-0.4, -0.2) is 46.2 Å². The van der Waals surface area contributed by atoms with Crippen molar-refractivity contribution in [3.8, 4) is 11.5 Å². The number of carbonyl (C=O) groups excluding carboxylic acids is 4. The van der Waals surface area contributed by atoms with E-state index < -0.39 is 29.7 Å². The van der Waals surface area contributed by atoms with Gasteiger partial charge in [0.2, 0.25) is 5.91 Å². The molecule has 9 nitrogen and oxygen atoms in total. The quantitative estimate of drug-likeness (QED) is 0.281. The third-order valence-corrected chi connectivity index (χ3v) is 5.36. The van der Waals surface area contributed by atoms with Crippen LogP contribution in [0, 0.1) is 0 Å². The molecule has 0 aliphatic carbocycles. The molecule has 4 rings (SSSR count). The average molecular weight is 473 g/mol. The van der Waals surface area contributed by atoms with Crippen molar-refractivity contribution in [1.29, 1.82) is 0 Å². The Kier molecular flexibility index (Phi) is 7.15. The first-order chi connectivity index (χ1) is 16.9. The van der Waals surface area contributed by atoms with Crippen LogP contribution in [-0.2, 0) is 25.7 Å². The molecule has 0 spiro atoms. The zero-order valence-electron chi connectivity index (χ0n) is 19.0. The minimum atomic E-state index is -0.997. The van der Waals surface area contributed by atoms with Gasteiger partial charge in [-0.15, -0.1) is 0 Å². The molecule has 178 valence electrons. The Labute approximate surface area is 201 Å². The highest BCUT2D eigenvalue weighted by Crippen LogP contribution is 2.28. The van der Waals surface area contributed by atoms with E-state index in [0.29, 0.717) is 22.7 Å². The number of rotatable bonds is 8. The third kappa shape index (κ3) is 5.70. The summed E-state index contributed by atoms with van der Waals surface area (Å²) in [7, 11) is 0. The number of esters is 1. The first-order valence-corrected chi connectivity index (χ1v) is 10.9. The van der Waals surface area contributed by atoms with Crippen molar-refractivity contribution >= 4 is 29.4 Å². The van der Waals surface area contributed by atoms with E-state index in [0.717, 1.165) is 4.90 Å². The highest BCUT2D eigenvalue weighted by atomic mass is 16.5. The summed E-state index contributed by atoms with van der Waals surface area (Å²) in [5, 5.41) is 0. The van der Waals surface area contributed by atoms with E-state index in [-0.39, 0.29) is 19.6 Å². The Balaban J connectivity index is 1.55. The van der Waals surface area contributed by atoms with Crippen LogP contribution < -0.4 is 14.4 Å². The first-order valence-electron chi connectivity index (χ1n) is 10.9. The van der Waals surface area contributed by atoms with E-state index in [1.54, 1.807) is 48.8 Å². The van der Waals surface area contributed by atoms with Crippen molar-refractivity contribution in [3.63, 3.8) is 0 Å². The van der Waals surface area contributed by atoms with Gasteiger partial charge in [0.25, 0.3) is 11.8 Å². The molecule has 1 aliphatic rings. The van der Waals surface area contributed by atoms with Crippen LogP contribution in [0.4, 0.5) is 5.69 Å². The lowest BCUT2D eigenvalue weighted by Crippen LogP contribution is -2.46. The smallest absolute Gasteiger partial charge is 0.308 e. The molecule has 0 N–H and O–H groups in total. The Hall–Kier alpha value is -4.53. The predicted octanol–water partition coefficient (Wildman–Crippen LogP) is 2.75. The summed E-state index contributed by atoms with van der Waals surface area (Å²) in [6.07, 6.45) is 3.05. The number of para-hydroxylation sites is 1. The van der Waals surface area contributed by atoms with Gasteiger partial charge in [0.05, 0.1) is 12.1 Å². The summed E-state index contributed by atoms with van der Waals surface area (Å²) in [6, 6.07) is 17.4. The molecule has 3 amide bonds. The fourth-order valence-electron chi connectivity index (χ4n) is 3.77. The molecule has 1 saturated heterocycles. The molecule has 1 unspecified atom stereocenters. The molecule has 0 radical (unpaired) electrons. The van der Waals surface area contributed by atoms with Crippen LogP contribution in [0.2, 0.25) is 0 Å². The molecule has 1 atom stereocenters. The van der Waals surface area contributed by atoms with Crippen LogP contribution >= 0.6 is 0 Å². The van der Waals surface area contributed by atoms with E-state index in [4.69, 9.17) is 9.47 Å². The summed E-state index contributed by atoms with van der Waals surface area (Å²) < 4.78 is 10.6. The van der Waals surface area contributed by atoms with Gasteiger partial charge in [-0.05, 0) is 48.0 Å². The normalized spacial score (nSPS) is 15.1. The molecule has 3 aromatic rings. The molecule has 0 saturated carbocycles. The molecule has 1 aliphatic heterocycles. The molecular formula is C26H23N3O6. The summed E-state index contributed by atoms with van der Waals surface area (Å²) in [5.41, 5.74) is 1.04. The lowest BCUT2D eigenvalue weighted by Gasteiger charge is -2.27. The predicted molar refractivity (Wildman–Crippen MR) is 125 cm³/mol. The van der Waals surface area contributed by atoms with Crippen molar-refractivity contribution in [1.82, 2.24) is 9.88 Å². The number of hydrogen-bond acceptors (Lipinski definition) is 7. The van der Waals surface area contributed by atoms with Crippen molar-refractivity contribution in [3.05, 3.63) is 84.7 Å². The minimum absolute atomic E-state index is 0.0910. The zero-order valence-corrected chi connectivity index (χ0v) is 19.0. The van der Waals surface area contributed by atoms with Gasteiger partial charge in [-0.1, -0.05) is 24.3 Å². The van der Waals surface area contributed by atoms with Gasteiger partial charge in [-0.3, -0.25) is 24.2 Å². The van der Waals surface area contributed by atoms with E-state index in [1.165, 1.54) is 36.1 Å². The summed E-state index contributed by atoms with van der Waals surface area (Å²) in [5.74, 6) is -1.06. The van der Waals surface area contributed by atoms with Crippen LogP contribution in [0.25, 0.3) is 0 Å². The number of amides is 3. The largest absolute Gasteiger partial charge is 0.484 e. The first kappa shape index (κ1) is 23.6. The fraction of sp³-hybridized carbons (Fsp3) is 0.192. The molecule has 0 bridgehead atoms.